The summed E-state index contributed by atoms with van der Waals surface area (Å²) in [6, 6.07) is 9.24. The van der Waals surface area contributed by atoms with Crippen LogP contribution in [0.4, 0.5) is 0 Å². The van der Waals surface area contributed by atoms with Crippen LogP contribution in [0.3, 0.4) is 0 Å². The highest BCUT2D eigenvalue weighted by atomic mass is 32.2. The molecule has 0 radical (unpaired) electrons. The summed E-state index contributed by atoms with van der Waals surface area (Å²) in [6.45, 7) is 1.80. The van der Waals surface area contributed by atoms with Gasteiger partial charge in [-0.3, -0.25) is 9.69 Å². The normalized spacial score (nSPS) is 21.6. The molecular weight excluding hydrogens is 328 g/mol. The van der Waals surface area contributed by atoms with Gasteiger partial charge in [-0.15, -0.1) is 0 Å². The average Bonchev–Trinajstić information content (AvgIpc) is 3.21. The maximum Gasteiger partial charge on any atom is 0.353 e. The highest BCUT2D eigenvalue weighted by Crippen LogP contribution is 2.54. The predicted molar refractivity (Wildman–Crippen MR) is 88.2 cm³/mol. The van der Waals surface area contributed by atoms with Crippen LogP contribution in [0.1, 0.15) is 18.2 Å². The first-order valence-corrected chi connectivity index (χ1v) is 8.07. The van der Waals surface area contributed by atoms with Gasteiger partial charge in [0.2, 0.25) is 0 Å². The van der Waals surface area contributed by atoms with Crippen molar-refractivity contribution in [1.82, 2.24) is 20.3 Å². The summed E-state index contributed by atoms with van der Waals surface area (Å²) in [7, 11) is 0. The standard InChI is InChI=1S/C16H12N4O3S/c1-8(10-7-17-19-18-10)11-14(21)20-12(16(22)23)13(24-15(11)20)9-5-3-2-4-6-9/h2-7,15H,1H3,(H,22,23)(H,17,18,19)/b11-8-/t15-/m1/s1. The molecule has 2 aliphatic heterocycles. The molecule has 3 heterocycles. The number of carbonyl (C=O) groups is 2. The van der Waals surface area contributed by atoms with Gasteiger partial charge in [-0.1, -0.05) is 42.1 Å². The SMILES string of the molecule is C/C(=C1\C(=O)N2C(C(=O)O)=C(c3ccccc3)S[C@H]12)c1cn[nH]n1. The van der Waals surface area contributed by atoms with E-state index in [1.807, 2.05) is 30.3 Å². The zero-order valence-corrected chi connectivity index (χ0v) is 13.4. The summed E-state index contributed by atoms with van der Waals surface area (Å²) in [6.07, 6.45) is 1.54. The summed E-state index contributed by atoms with van der Waals surface area (Å²) in [4.78, 5) is 26.2. The van der Waals surface area contributed by atoms with Crippen molar-refractivity contribution >= 4 is 34.1 Å². The molecule has 24 heavy (non-hydrogen) atoms. The largest absolute Gasteiger partial charge is 0.477 e. The van der Waals surface area contributed by atoms with Crippen LogP contribution in [-0.2, 0) is 9.59 Å². The van der Waals surface area contributed by atoms with Crippen LogP contribution in [0.2, 0.25) is 0 Å². The molecule has 1 amide bonds. The number of benzene rings is 1. The molecule has 4 rings (SSSR count). The number of rotatable bonds is 3. The van der Waals surface area contributed by atoms with Crippen molar-refractivity contribution in [2.75, 3.05) is 0 Å². The average molecular weight is 340 g/mol. The number of thioether (sulfide) groups is 1. The monoisotopic (exact) mass is 340 g/mol. The first kappa shape index (κ1) is 14.7. The Labute approximate surface area is 141 Å². The van der Waals surface area contributed by atoms with E-state index in [9.17, 15) is 14.7 Å². The molecular formula is C16H12N4O3S. The van der Waals surface area contributed by atoms with Gasteiger partial charge in [0.25, 0.3) is 5.91 Å². The van der Waals surface area contributed by atoms with Gasteiger partial charge in [0.05, 0.1) is 11.8 Å². The number of nitrogens with one attached hydrogen (secondary N) is 1. The number of aliphatic carboxylic acids is 1. The Morgan fingerprint density at radius 3 is 2.71 bits per heavy atom. The Balaban J connectivity index is 1.78. The van der Waals surface area contributed by atoms with Crippen LogP contribution < -0.4 is 0 Å². The van der Waals surface area contributed by atoms with Gasteiger partial charge in [0.1, 0.15) is 16.8 Å². The number of carbonyl (C=O) groups excluding carboxylic acids is 1. The van der Waals surface area contributed by atoms with E-state index >= 15 is 0 Å². The lowest BCUT2D eigenvalue weighted by Gasteiger charge is -2.38. The number of hydrogen-bond acceptors (Lipinski definition) is 5. The van der Waals surface area contributed by atoms with Gasteiger partial charge < -0.3 is 5.11 Å². The number of carboxylic acid groups (broad SMARTS) is 1. The molecule has 2 aromatic rings. The number of fused-ring (bicyclic) bond motifs is 1. The van der Waals surface area contributed by atoms with E-state index in [1.54, 1.807) is 13.1 Å². The number of aromatic nitrogens is 3. The zero-order valence-electron chi connectivity index (χ0n) is 12.6. The molecule has 1 atom stereocenters. The second kappa shape index (κ2) is 5.34. The fraction of sp³-hybridized carbons (Fsp3) is 0.125. The molecule has 0 spiro atoms. The van der Waals surface area contributed by atoms with Crippen molar-refractivity contribution < 1.29 is 14.7 Å². The molecule has 1 aromatic carbocycles. The van der Waals surface area contributed by atoms with E-state index in [0.29, 0.717) is 21.7 Å². The number of aromatic amines is 1. The molecule has 1 aromatic heterocycles. The Morgan fingerprint density at radius 1 is 1.33 bits per heavy atom. The first-order valence-electron chi connectivity index (χ1n) is 7.19. The summed E-state index contributed by atoms with van der Waals surface area (Å²) >= 11 is 1.38. The van der Waals surface area contributed by atoms with Crippen molar-refractivity contribution in [3.05, 3.63) is 59.1 Å². The van der Waals surface area contributed by atoms with Crippen LogP contribution in [-0.4, -0.2) is 42.7 Å². The van der Waals surface area contributed by atoms with Gasteiger partial charge in [-0.05, 0) is 18.1 Å². The van der Waals surface area contributed by atoms with E-state index in [4.69, 9.17) is 0 Å². The maximum absolute atomic E-state index is 12.6. The lowest BCUT2D eigenvalue weighted by Crippen LogP contribution is -2.51. The molecule has 1 fully saturated rings. The second-order valence-electron chi connectivity index (χ2n) is 5.39. The topological polar surface area (TPSA) is 99.2 Å². The third-order valence-corrected chi connectivity index (χ3v) is 5.39. The number of amides is 1. The van der Waals surface area contributed by atoms with E-state index in [1.165, 1.54) is 16.7 Å². The highest BCUT2D eigenvalue weighted by Gasteiger charge is 2.53. The fourth-order valence-electron chi connectivity index (χ4n) is 2.87. The second-order valence-corrected chi connectivity index (χ2v) is 6.48. The number of β-lactam (4-membered cyclic amide) rings is 1. The number of nitrogens with zero attached hydrogens (tertiary/aromatic N) is 3. The van der Waals surface area contributed by atoms with E-state index in [0.717, 1.165) is 5.56 Å². The summed E-state index contributed by atoms with van der Waals surface area (Å²) in [5.41, 5.74) is 2.70. The number of H-pyrrole nitrogens is 1. The summed E-state index contributed by atoms with van der Waals surface area (Å²) < 4.78 is 0. The van der Waals surface area contributed by atoms with Gasteiger partial charge in [0, 0.05) is 4.91 Å². The van der Waals surface area contributed by atoms with Crippen LogP contribution in [0.5, 0.6) is 0 Å². The first-order chi connectivity index (χ1) is 11.6. The molecule has 0 unspecified atom stereocenters. The van der Waals surface area contributed by atoms with Crippen LogP contribution in [0.15, 0.2) is 47.8 Å². The molecule has 2 N–H and O–H groups in total. The van der Waals surface area contributed by atoms with E-state index < -0.39 is 5.97 Å². The van der Waals surface area contributed by atoms with Crippen molar-refractivity contribution in [3.63, 3.8) is 0 Å². The van der Waals surface area contributed by atoms with Crippen LogP contribution in [0.25, 0.3) is 10.5 Å². The number of allylic oxidation sites excluding steroid dienone is 1. The van der Waals surface area contributed by atoms with E-state index in [2.05, 4.69) is 15.4 Å². The zero-order chi connectivity index (χ0) is 16.8. The van der Waals surface area contributed by atoms with Crippen molar-refractivity contribution in [1.29, 1.82) is 0 Å². The Kier molecular flexibility index (Phi) is 3.27. The molecule has 2 aliphatic rings. The van der Waals surface area contributed by atoms with Crippen LogP contribution in [0, 0.1) is 0 Å². The molecule has 120 valence electrons. The highest BCUT2D eigenvalue weighted by molar-refractivity contribution is 8.09. The minimum Gasteiger partial charge on any atom is -0.477 e. The van der Waals surface area contributed by atoms with Crippen molar-refractivity contribution in [2.45, 2.75) is 12.3 Å². The minimum atomic E-state index is -1.10. The molecule has 0 aliphatic carbocycles. The van der Waals surface area contributed by atoms with Crippen molar-refractivity contribution in [2.24, 2.45) is 0 Å². The third-order valence-electron chi connectivity index (χ3n) is 4.06. The van der Waals surface area contributed by atoms with Gasteiger partial charge in [-0.2, -0.15) is 15.4 Å². The Bertz CT molecular complexity index is 903. The third kappa shape index (κ3) is 2.00. The number of carboxylic acids is 1. The maximum atomic E-state index is 12.6. The molecule has 8 heteroatoms. The number of hydrogen-bond donors (Lipinski definition) is 2. The van der Waals surface area contributed by atoms with Crippen LogP contribution >= 0.6 is 11.8 Å². The molecule has 1 saturated heterocycles. The quantitative estimate of drug-likeness (QED) is 0.654. The lowest BCUT2D eigenvalue weighted by atomic mass is 9.97. The Morgan fingerprint density at radius 2 is 2.08 bits per heavy atom. The smallest absolute Gasteiger partial charge is 0.353 e. The minimum absolute atomic E-state index is 0.0397. The molecule has 0 bridgehead atoms. The van der Waals surface area contributed by atoms with Gasteiger partial charge >= 0.3 is 5.97 Å². The fourth-order valence-corrected chi connectivity index (χ4v) is 4.37. The summed E-state index contributed by atoms with van der Waals surface area (Å²) in [5.74, 6) is -1.40. The van der Waals surface area contributed by atoms with E-state index in [-0.39, 0.29) is 17.0 Å². The summed E-state index contributed by atoms with van der Waals surface area (Å²) in [5, 5.41) is 19.5. The molecule has 7 nitrogen and oxygen atoms in total. The van der Waals surface area contributed by atoms with Crippen molar-refractivity contribution in [3.8, 4) is 0 Å². The lowest BCUT2D eigenvalue weighted by molar-refractivity contribution is -0.140. The Hall–Kier alpha value is -2.87. The predicted octanol–water partition coefficient (Wildman–Crippen LogP) is 1.95. The molecule has 0 saturated carbocycles. The van der Waals surface area contributed by atoms with Gasteiger partial charge in [-0.25, -0.2) is 4.79 Å². The van der Waals surface area contributed by atoms with Gasteiger partial charge in [0.15, 0.2) is 0 Å².